The van der Waals surface area contributed by atoms with Crippen molar-refractivity contribution in [2.24, 2.45) is 0 Å². The highest BCUT2D eigenvalue weighted by atomic mass is 19.1. The van der Waals surface area contributed by atoms with E-state index < -0.39 is 6.10 Å². The Morgan fingerprint density at radius 1 is 1.50 bits per heavy atom. The number of amides is 1. The molecule has 1 rings (SSSR count). The van der Waals surface area contributed by atoms with Gasteiger partial charge < -0.3 is 15.3 Å². The van der Waals surface area contributed by atoms with Crippen molar-refractivity contribution in [1.29, 1.82) is 0 Å². The first-order valence-corrected chi connectivity index (χ1v) is 5.85. The van der Waals surface area contributed by atoms with Crippen LogP contribution in [0.4, 0.5) is 4.39 Å². The molecule has 1 aromatic carbocycles. The molecule has 0 spiro atoms. The maximum absolute atomic E-state index is 12.9. The van der Waals surface area contributed by atoms with E-state index in [1.807, 2.05) is 0 Å². The second kappa shape index (κ2) is 7.08. The standard InChI is InChI=1S/C13H19FN2O2/c1-16(2)13(18)6-7-15-9-12(17)10-4-3-5-11(14)8-10/h3-5,8,12,15,17H,6-7,9H2,1-2H3. The van der Waals surface area contributed by atoms with Crippen LogP contribution in [-0.4, -0.2) is 43.1 Å². The van der Waals surface area contributed by atoms with E-state index in [-0.39, 0.29) is 11.7 Å². The van der Waals surface area contributed by atoms with Gasteiger partial charge in [-0.05, 0) is 17.7 Å². The fraction of sp³-hybridized carbons (Fsp3) is 0.462. The number of nitrogens with one attached hydrogen (secondary N) is 1. The second-order valence-electron chi connectivity index (χ2n) is 4.31. The zero-order valence-electron chi connectivity index (χ0n) is 10.7. The number of hydrogen-bond acceptors (Lipinski definition) is 3. The summed E-state index contributed by atoms with van der Waals surface area (Å²) in [6.07, 6.45) is -0.391. The minimum Gasteiger partial charge on any atom is -0.387 e. The number of halogens is 1. The number of benzene rings is 1. The predicted molar refractivity (Wildman–Crippen MR) is 67.5 cm³/mol. The van der Waals surface area contributed by atoms with E-state index in [1.165, 1.54) is 17.0 Å². The van der Waals surface area contributed by atoms with Crippen LogP contribution >= 0.6 is 0 Å². The molecule has 5 heteroatoms. The molecule has 0 bridgehead atoms. The maximum Gasteiger partial charge on any atom is 0.223 e. The lowest BCUT2D eigenvalue weighted by Crippen LogP contribution is -2.28. The van der Waals surface area contributed by atoms with Crippen molar-refractivity contribution in [3.05, 3.63) is 35.6 Å². The Labute approximate surface area is 106 Å². The molecule has 0 heterocycles. The fourth-order valence-corrected chi connectivity index (χ4v) is 1.49. The van der Waals surface area contributed by atoms with Gasteiger partial charge in [0, 0.05) is 33.6 Å². The van der Waals surface area contributed by atoms with Gasteiger partial charge in [-0.3, -0.25) is 4.79 Å². The van der Waals surface area contributed by atoms with E-state index in [0.717, 1.165) is 0 Å². The van der Waals surface area contributed by atoms with Crippen LogP contribution in [-0.2, 0) is 4.79 Å². The van der Waals surface area contributed by atoms with Gasteiger partial charge in [0.25, 0.3) is 0 Å². The van der Waals surface area contributed by atoms with Crippen molar-refractivity contribution in [3.63, 3.8) is 0 Å². The van der Waals surface area contributed by atoms with Crippen molar-refractivity contribution in [3.8, 4) is 0 Å². The first-order valence-electron chi connectivity index (χ1n) is 5.85. The van der Waals surface area contributed by atoms with Crippen molar-refractivity contribution < 1.29 is 14.3 Å². The highest BCUT2D eigenvalue weighted by Crippen LogP contribution is 2.12. The van der Waals surface area contributed by atoms with E-state index in [9.17, 15) is 14.3 Å². The molecule has 2 N–H and O–H groups in total. The van der Waals surface area contributed by atoms with Crippen molar-refractivity contribution in [1.82, 2.24) is 10.2 Å². The molecule has 0 saturated heterocycles. The summed E-state index contributed by atoms with van der Waals surface area (Å²) >= 11 is 0. The van der Waals surface area contributed by atoms with E-state index in [0.29, 0.717) is 25.1 Å². The maximum atomic E-state index is 12.9. The lowest BCUT2D eigenvalue weighted by Gasteiger charge is -2.13. The van der Waals surface area contributed by atoms with E-state index in [2.05, 4.69) is 5.32 Å². The van der Waals surface area contributed by atoms with Crippen LogP contribution in [0.5, 0.6) is 0 Å². The van der Waals surface area contributed by atoms with Gasteiger partial charge in [-0.25, -0.2) is 4.39 Å². The lowest BCUT2D eigenvalue weighted by atomic mass is 10.1. The smallest absolute Gasteiger partial charge is 0.223 e. The van der Waals surface area contributed by atoms with Crippen LogP contribution in [0.3, 0.4) is 0 Å². The molecular weight excluding hydrogens is 235 g/mol. The number of hydrogen-bond donors (Lipinski definition) is 2. The van der Waals surface area contributed by atoms with Crippen LogP contribution in [0.25, 0.3) is 0 Å². The summed E-state index contributed by atoms with van der Waals surface area (Å²) in [6, 6.07) is 5.86. The first-order chi connectivity index (χ1) is 8.50. The minimum atomic E-state index is -0.768. The molecule has 0 aliphatic rings. The zero-order chi connectivity index (χ0) is 13.5. The largest absolute Gasteiger partial charge is 0.387 e. The number of aliphatic hydroxyl groups is 1. The Hall–Kier alpha value is -1.46. The number of nitrogens with zero attached hydrogens (tertiary/aromatic N) is 1. The summed E-state index contributed by atoms with van der Waals surface area (Å²) in [5, 5.41) is 12.8. The first kappa shape index (κ1) is 14.6. The minimum absolute atomic E-state index is 0.0303. The molecule has 0 saturated carbocycles. The third-order valence-electron chi connectivity index (χ3n) is 2.59. The fourth-order valence-electron chi connectivity index (χ4n) is 1.49. The highest BCUT2D eigenvalue weighted by Gasteiger charge is 2.08. The third kappa shape index (κ3) is 4.81. The molecule has 0 aliphatic carbocycles. The summed E-state index contributed by atoms with van der Waals surface area (Å²) in [5.41, 5.74) is 0.529. The van der Waals surface area contributed by atoms with Gasteiger partial charge >= 0.3 is 0 Å². The van der Waals surface area contributed by atoms with Crippen LogP contribution in [0.2, 0.25) is 0 Å². The molecular formula is C13H19FN2O2. The molecule has 1 unspecified atom stereocenters. The number of carbonyl (C=O) groups excluding carboxylic acids is 1. The van der Waals surface area contributed by atoms with Crippen LogP contribution < -0.4 is 5.32 Å². The average Bonchev–Trinajstić information content (AvgIpc) is 2.33. The third-order valence-corrected chi connectivity index (χ3v) is 2.59. The summed E-state index contributed by atoms with van der Waals surface area (Å²) in [5.74, 6) is -0.336. The van der Waals surface area contributed by atoms with Gasteiger partial charge in [0.2, 0.25) is 5.91 Å². The molecule has 0 aromatic heterocycles. The van der Waals surface area contributed by atoms with E-state index in [1.54, 1.807) is 26.2 Å². The van der Waals surface area contributed by atoms with Gasteiger partial charge in [0.1, 0.15) is 5.82 Å². The number of rotatable bonds is 6. The summed E-state index contributed by atoms with van der Waals surface area (Å²) < 4.78 is 12.9. The van der Waals surface area contributed by atoms with E-state index in [4.69, 9.17) is 0 Å². The SMILES string of the molecule is CN(C)C(=O)CCNCC(O)c1cccc(F)c1. The van der Waals surface area contributed by atoms with Gasteiger partial charge in [-0.1, -0.05) is 12.1 Å². The number of carbonyl (C=O) groups is 1. The second-order valence-corrected chi connectivity index (χ2v) is 4.31. The Balaban J connectivity index is 2.29. The van der Waals surface area contributed by atoms with Crippen LogP contribution in [0, 0.1) is 5.82 Å². The Morgan fingerprint density at radius 3 is 2.83 bits per heavy atom. The summed E-state index contributed by atoms with van der Waals surface area (Å²) in [6.45, 7) is 0.785. The normalized spacial score (nSPS) is 12.2. The number of aliphatic hydroxyl groups excluding tert-OH is 1. The quantitative estimate of drug-likeness (QED) is 0.742. The zero-order valence-corrected chi connectivity index (χ0v) is 10.7. The van der Waals surface area contributed by atoms with Gasteiger partial charge in [0.05, 0.1) is 6.10 Å². The lowest BCUT2D eigenvalue weighted by molar-refractivity contribution is -0.128. The summed E-state index contributed by atoms with van der Waals surface area (Å²) in [4.78, 5) is 12.8. The Kier molecular flexibility index (Phi) is 5.74. The molecule has 1 aromatic rings. The van der Waals surface area contributed by atoms with Crippen molar-refractivity contribution in [2.75, 3.05) is 27.2 Å². The summed E-state index contributed by atoms with van der Waals surface area (Å²) in [7, 11) is 3.40. The molecule has 1 amide bonds. The molecule has 1 atom stereocenters. The molecule has 0 radical (unpaired) electrons. The Bertz CT molecular complexity index is 396. The molecule has 18 heavy (non-hydrogen) atoms. The monoisotopic (exact) mass is 254 g/mol. The van der Waals surface area contributed by atoms with Crippen LogP contribution in [0.15, 0.2) is 24.3 Å². The van der Waals surface area contributed by atoms with Crippen LogP contribution in [0.1, 0.15) is 18.1 Å². The van der Waals surface area contributed by atoms with Crippen molar-refractivity contribution in [2.45, 2.75) is 12.5 Å². The molecule has 4 nitrogen and oxygen atoms in total. The molecule has 0 aliphatic heterocycles. The molecule has 0 fully saturated rings. The average molecular weight is 254 g/mol. The van der Waals surface area contributed by atoms with Crippen molar-refractivity contribution >= 4 is 5.91 Å². The predicted octanol–water partition coefficient (Wildman–Crippen LogP) is 0.927. The highest BCUT2D eigenvalue weighted by molar-refractivity contribution is 5.75. The molecule has 100 valence electrons. The van der Waals surface area contributed by atoms with Gasteiger partial charge in [-0.2, -0.15) is 0 Å². The topological polar surface area (TPSA) is 52.6 Å². The van der Waals surface area contributed by atoms with Gasteiger partial charge in [0.15, 0.2) is 0 Å². The van der Waals surface area contributed by atoms with E-state index >= 15 is 0 Å². The Morgan fingerprint density at radius 2 is 2.22 bits per heavy atom. The van der Waals surface area contributed by atoms with Gasteiger partial charge in [-0.15, -0.1) is 0 Å².